The maximum absolute atomic E-state index is 11.0. The maximum atomic E-state index is 11.0. The van der Waals surface area contributed by atoms with Crippen LogP contribution in [-0.4, -0.2) is 15.3 Å². The summed E-state index contributed by atoms with van der Waals surface area (Å²) in [6.45, 7) is 3.56. The summed E-state index contributed by atoms with van der Waals surface area (Å²) in [4.78, 5) is 14.9. The predicted octanol–water partition coefficient (Wildman–Crippen LogP) is 1.36. The number of allylic oxidation sites excluding steroid dienone is 1. The van der Waals surface area contributed by atoms with Crippen molar-refractivity contribution in [2.75, 3.05) is 5.32 Å². The summed E-state index contributed by atoms with van der Waals surface area (Å²) in [6, 6.07) is 0. The number of carbonyl (C=O) groups is 1. The van der Waals surface area contributed by atoms with Gasteiger partial charge in [-0.2, -0.15) is 4.37 Å². The number of nitrogens with one attached hydrogen (secondary N) is 1. The Hall–Kier alpha value is -1.23. The van der Waals surface area contributed by atoms with Gasteiger partial charge in [-0.05, 0) is 19.9 Å². The number of rotatable bonds is 2. The molecule has 0 bridgehead atoms. The molecule has 0 radical (unpaired) electrons. The van der Waals surface area contributed by atoms with Crippen molar-refractivity contribution in [3.05, 3.63) is 18.0 Å². The van der Waals surface area contributed by atoms with Gasteiger partial charge in [-0.15, -0.1) is 0 Å². The molecule has 1 amide bonds. The van der Waals surface area contributed by atoms with Gasteiger partial charge < -0.3 is 0 Å². The highest BCUT2D eigenvalue weighted by atomic mass is 32.1. The highest BCUT2D eigenvalue weighted by Gasteiger charge is 2.01. The maximum Gasteiger partial charge on any atom is 0.249 e. The number of aryl methyl sites for hydroxylation is 1. The monoisotopic (exact) mass is 183 g/mol. The third-order valence-electron chi connectivity index (χ3n) is 1.08. The number of nitrogens with zero attached hydrogens (tertiary/aromatic N) is 2. The van der Waals surface area contributed by atoms with Crippen LogP contribution in [0.5, 0.6) is 0 Å². The molecule has 0 aliphatic heterocycles. The average Bonchev–Trinajstić information content (AvgIpc) is 2.36. The van der Waals surface area contributed by atoms with E-state index in [-0.39, 0.29) is 5.91 Å². The molecule has 1 aromatic rings. The van der Waals surface area contributed by atoms with Gasteiger partial charge >= 0.3 is 0 Å². The molecule has 0 saturated heterocycles. The molecule has 0 aliphatic rings. The summed E-state index contributed by atoms with van der Waals surface area (Å²) in [6.07, 6.45) is 3.11. The Morgan fingerprint density at radius 1 is 1.67 bits per heavy atom. The Morgan fingerprint density at radius 2 is 2.42 bits per heavy atom. The van der Waals surface area contributed by atoms with E-state index < -0.39 is 0 Å². The van der Waals surface area contributed by atoms with Crippen LogP contribution in [0, 0.1) is 6.92 Å². The lowest BCUT2D eigenvalue weighted by molar-refractivity contribution is -0.111. The normalized spacial score (nSPS) is 10.5. The van der Waals surface area contributed by atoms with Crippen molar-refractivity contribution in [2.24, 2.45) is 0 Å². The van der Waals surface area contributed by atoms with E-state index in [9.17, 15) is 4.79 Å². The zero-order valence-corrected chi connectivity index (χ0v) is 7.68. The predicted molar refractivity (Wildman–Crippen MR) is 48.1 cm³/mol. The molecule has 12 heavy (non-hydrogen) atoms. The van der Waals surface area contributed by atoms with E-state index in [4.69, 9.17) is 0 Å². The molecular weight excluding hydrogens is 174 g/mol. The number of aromatic nitrogens is 2. The minimum absolute atomic E-state index is 0.173. The van der Waals surface area contributed by atoms with Crippen molar-refractivity contribution < 1.29 is 4.79 Å². The van der Waals surface area contributed by atoms with E-state index in [0.29, 0.717) is 11.0 Å². The molecule has 5 heteroatoms. The zero-order chi connectivity index (χ0) is 8.97. The number of amides is 1. The second-order valence-electron chi connectivity index (χ2n) is 2.14. The summed E-state index contributed by atoms with van der Waals surface area (Å²) in [5.41, 5.74) is 0. The van der Waals surface area contributed by atoms with Gasteiger partial charge in [-0.3, -0.25) is 10.1 Å². The first-order valence-corrected chi connectivity index (χ1v) is 4.23. The third kappa shape index (κ3) is 2.43. The lowest BCUT2D eigenvalue weighted by Crippen LogP contribution is -2.07. The van der Waals surface area contributed by atoms with Gasteiger partial charge in [0, 0.05) is 11.5 Å². The molecule has 0 aliphatic carbocycles. The van der Waals surface area contributed by atoms with Gasteiger partial charge in [-0.1, -0.05) is 6.08 Å². The minimum atomic E-state index is -0.173. The molecule has 1 heterocycles. The molecule has 1 rings (SSSR count). The molecule has 1 aromatic heterocycles. The minimum Gasteiger partial charge on any atom is -0.297 e. The van der Waals surface area contributed by atoms with Gasteiger partial charge in [0.25, 0.3) is 0 Å². The van der Waals surface area contributed by atoms with Crippen LogP contribution in [0.25, 0.3) is 0 Å². The standard InChI is InChI=1S/C7H9N3OS/c1-3-4-6(11)9-7-8-5(2)10-12-7/h3-4H,1-2H3,(H,8,9,10,11)/b4-3+. The van der Waals surface area contributed by atoms with Crippen LogP contribution >= 0.6 is 11.5 Å². The number of hydrogen-bond acceptors (Lipinski definition) is 4. The molecule has 0 atom stereocenters. The summed E-state index contributed by atoms with van der Waals surface area (Å²) in [7, 11) is 0. The quantitative estimate of drug-likeness (QED) is 0.704. The molecule has 4 nitrogen and oxygen atoms in total. The highest BCUT2D eigenvalue weighted by molar-refractivity contribution is 7.09. The van der Waals surface area contributed by atoms with E-state index in [1.165, 1.54) is 17.6 Å². The summed E-state index contributed by atoms with van der Waals surface area (Å²) in [5.74, 6) is 0.504. The van der Waals surface area contributed by atoms with Gasteiger partial charge in [-0.25, -0.2) is 4.98 Å². The summed E-state index contributed by atoms with van der Waals surface area (Å²) in [5, 5.41) is 3.12. The molecule has 0 aromatic carbocycles. The third-order valence-corrected chi connectivity index (χ3v) is 1.80. The van der Waals surface area contributed by atoms with E-state index in [1.807, 2.05) is 0 Å². The van der Waals surface area contributed by atoms with Crippen molar-refractivity contribution in [1.29, 1.82) is 0 Å². The summed E-state index contributed by atoms with van der Waals surface area (Å²) >= 11 is 1.18. The lowest BCUT2D eigenvalue weighted by atomic mass is 10.5. The molecule has 0 spiro atoms. The Labute approximate surface area is 74.5 Å². The second-order valence-corrected chi connectivity index (χ2v) is 2.89. The van der Waals surface area contributed by atoms with E-state index >= 15 is 0 Å². The topological polar surface area (TPSA) is 54.9 Å². The average molecular weight is 183 g/mol. The Morgan fingerprint density at radius 3 is 2.92 bits per heavy atom. The Kier molecular flexibility index (Phi) is 2.93. The van der Waals surface area contributed by atoms with Crippen LogP contribution in [0.4, 0.5) is 5.13 Å². The van der Waals surface area contributed by atoms with Gasteiger partial charge in [0.1, 0.15) is 5.82 Å². The van der Waals surface area contributed by atoms with Crippen molar-refractivity contribution in [3.63, 3.8) is 0 Å². The fourth-order valence-electron chi connectivity index (χ4n) is 0.646. The number of carbonyl (C=O) groups excluding carboxylic acids is 1. The first-order valence-electron chi connectivity index (χ1n) is 3.46. The Bertz CT molecular complexity index is 305. The van der Waals surface area contributed by atoms with Crippen molar-refractivity contribution in [2.45, 2.75) is 13.8 Å². The first-order chi connectivity index (χ1) is 5.72. The van der Waals surface area contributed by atoms with Gasteiger partial charge in [0.05, 0.1) is 0 Å². The van der Waals surface area contributed by atoms with E-state index in [0.717, 1.165) is 0 Å². The van der Waals surface area contributed by atoms with Crippen LogP contribution in [0.3, 0.4) is 0 Å². The lowest BCUT2D eigenvalue weighted by Gasteiger charge is -1.92. The molecule has 0 unspecified atom stereocenters. The molecule has 0 saturated carbocycles. The van der Waals surface area contributed by atoms with Crippen LogP contribution in [0.15, 0.2) is 12.2 Å². The van der Waals surface area contributed by atoms with Crippen LogP contribution in [-0.2, 0) is 4.79 Å². The van der Waals surface area contributed by atoms with Gasteiger partial charge in [0.15, 0.2) is 0 Å². The van der Waals surface area contributed by atoms with Crippen LogP contribution in [0.1, 0.15) is 12.7 Å². The highest BCUT2D eigenvalue weighted by Crippen LogP contribution is 2.09. The smallest absolute Gasteiger partial charge is 0.249 e. The zero-order valence-electron chi connectivity index (χ0n) is 6.87. The SMILES string of the molecule is C/C=C/C(=O)Nc1nc(C)ns1. The fraction of sp³-hybridized carbons (Fsp3) is 0.286. The Balaban J connectivity index is 2.58. The first kappa shape index (κ1) is 8.86. The number of anilines is 1. The van der Waals surface area contributed by atoms with Crippen molar-refractivity contribution >= 4 is 22.6 Å². The van der Waals surface area contributed by atoms with Crippen molar-refractivity contribution in [1.82, 2.24) is 9.36 Å². The largest absolute Gasteiger partial charge is 0.297 e. The molecule has 64 valence electrons. The number of hydrogen-bond donors (Lipinski definition) is 1. The fourth-order valence-corrected chi connectivity index (χ4v) is 1.22. The second kappa shape index (κ2) is 3.96. The van der Waals surface area contributed by atoms with Crippen molar-refractivity contribution in [3.8, 4) is 0 Å². The van der Waals surface area contributed by atoms with E-state index in [1.54, 1.807) is 19.9 Å². The molecule has 0 fully saturated rings. The summed E-state index contributed by atoms with van der Waals surface area (Å²) < 4.78 is 3.92. The van der Waals surface area contributed by atoms with Crippen LogP contribution in [0.2, 0.25) is 0 Å². The van der Waals surface area contributed by atoms with Crippen LogP contribution < -0.4 is 5.32 Å². The van der Waals surface area contributed by atoms with E-state index in [2.05, 4.69) is 14.7 Å². The van der Waals surface area contributed by atoms with Gasteiger partial charge in [0.2, 0.25) is 11.0 Å². The molecule has 1 N–H and O–H groups in total. The molecular formula is C7H9N3OS.